The van der Waals surface area contributed by atoms with Crippen molar-refractivity contribution < 1.29 is 19.4 Å². The van der Waals surface area contributed by atoms with Crippen molar-refractivity contribution in [3.8, 4) is 11.4 Å². The standard InChI is InChI=1S/C44H54N6O5Si/c1-29(2)11-10-12-30(3)21-25-49-39-20-15-33(50-42(52)36-13-8-9-14-38(36)46-50)27-37(39)44(43(49)53)31(4)41(56(6,7)35-18-16-34(54-5)17-19-35)40(55-44)22-24-48-28-32(23-26-51)45-47-48/h8-9,11,13-21,27-28,31,40-41,46,51H,10,12,22-26H2,1-7H3/b30-21+/t31-,40+,41-,44+/m1/s1. The molecule has 5 aromatic rings. The van der Waals surface area contributed by atoms with E-state index < -0.39 is 13.7 Å². The van der Waals surface area contributed by atoms with E-state index in [0.717, 1.165) is 41.1 Å². The highest BCUT2D eigenvalue weighted by molar-refractivity contribution is 6.91. The predicted molar refractivity (Wildman–Crippen MR) is 224 cm³/mol. The van der Waals surface area contributed by atoms with Crippen LogP contribution >= 0.6 is 0 Å². The van der Waals surface area contributed by atoms with E-state index in [-0.39, 0.29) is 35.6 Å². The van der Waals surface area contributed by atoms with Gasteiger partial charge < -0.3 is 19.5 Å². The Bertz CT molecular complexity index is 2340. The van der Waals surface area contributed by atoms with Crippen molar-refractivity contribution in [2.24, 2.45) is 5.92 Å². The number of para-hydroxylation sites is 1. The molecule has 0 bridgehead atoms. The number of aromatic nitrogens is 5. The van der Waals surface area contributed by atoms with Gasteiger partial charge in [-0.2, -0.15) is 0 Å². The third-order valence-corrected chi connectivity index (χ3v) is 16.3. The number of carbonyl (C=O) groups excluding carboxylic acids is 1. The number of H-pyrrole nitrogens is 1. The molecule has 1 amide bonds. The number of hydrogen-bond donors (Lipinski definition) is 2. The maximum Gasteiger partial charge on any atom is 0.279 e. The van der Waals surface area contributed by atoms with Crippen molar-refractivity contribution >= 4 is 35.8 Å². The molecule has 7 rings (SSSR count). The lowest BCUT2D eigenvalue weighted by molar-refractivity contribution is -0.145. The van der Waals surface area contributed by atoms with Gasteiger partial charge in [0, 0.05) is 43.8 Å². The van der Waals surface area contributed by atoms with E-state index in [4.69, 9.17) is 9.47 Å². The number of ether oxygens (including phenoxy) is 2. The van der Waals surface area contributed by atoms with E-state index in [9.17, 15) is 9.90 Å². The lowest BCUT2D eigenvalue weighted by atomic mass is 9.82. The average molecular weight is 775 g/mol. The number of nitrogens with one attached hydrogen (secondary N) is 1. The van der Waals surface area contributed by atoms with Crippen LogP contribution in [0.25, 0.3) is 16.6 Å². The second-order valence-corrected chi connectivity index (χ2v) is 20.9. The number of amides is 1. The van der Waals surface area contributed by atoms with Gasteiger partial charge in [0.2, 0.25) is 0 Å². The Balaban J connectivity index is 1.34. The van der Waals surface area contributed by atoms with Crippen molar-refractivity contribution in [3.63, 3.8) is 0 Å². The maximum atomic E-state index is 15.4. The van der Waals surface area contributed by atoms with Gasteiger partial charge in [-0.1, -0.05) is 78.0 Å². The van der Waals surface area contributed by atoms with Crippen molar-refractivity contribution in [3.05, 3.63) is 118 Å². The zero-order valence-electron chi connectivity index (χ0n) is 33.6. The quantitative estimate of drug-likeness (QED) is 0.0939. The van der Waals surface area contributed by atoms with Gasteiger partial charge in [0.1, 0.15) is 5.75 Å². The fourth-order valence-corrected chi connectivity index (χ4v) is 13.1. The molecule has 4 atom stereocenters. The molecular weight excluding hydrogens is 721 g/mol. The Morgan fingerprint density at radius 2 is 1.82 bits per heavy atom. The fraction of sp³-hybridized carbons (Fsp3) is 0.409. The number of allylic oxidation sites excluding steroid dienone is 3. The maximum absolute atomic E-state index is 15.4. The van der Waals surface area contributed by atoms with E-state index in [1.54, 1.807) is 11.8 Å². The Morgan fingerprint density at radius 1 is 1.05 bits per heavy atom. The second kappa shape index (κ2) is 15.8. The molecule has 1 spiro atoms. The summed E-state index contributed by atoms with van der Waals surface area (Å²) in [5.41, 5.74) is 4.80. The first kappa shape index (κ1) is 39.2. The summed E-state index contributed by atoms with van der Waals surface area (Å²) >= 11 is 0. The van der Waals surface area contributed by atoms with Gasteiger partial charge in [-0.3, -0.25) is 19.4 Å². The number of rotatable bonds is 14. The number of aromatic amines is 1. The molecule has 2 aliphatic heterocycles. The zero-order valence-corrected chi connectivity index (χ0v) is 34.6. The molecule has 2 aromatic heterocycles. The molecule has 4 heterocycles. The number of fused-ring (bicyclic) bond motifs is 3. The van der Waals surface area contributed by atoms with Crippen LogP contribution in [0.4, 0.5) is 5.69 Å². The summed E-state index contributed by atoms with van der Waals surface area (Å²) in [4.78, 5) is 31.0. The van der Waals surface area contributed by atoms with Gasteiger partial charge in [-0.25, -0.2) is 4.68 Å². The molecule has 1 saturated heterocycles. The number of benzene rings is 3. The molecule has 0 saturated carbocycles. The number of aliphatic hydroxyl groups is 1. The smallest absolute Gasteiger partial charge is 0.279 e. The molecule has 12 heteroatoms. The molecule has 11 nitrogen and oxygen atoms in total. The van der Waals surface area contributed by atoms with E-state index in [2.05, 4.69) is 80.5 Å². The minimum atomic E-state index is -2.40. The average Bonchev–Trinajstić information content (AvgIpc) is 3.92. The highest BCUT2D eigenvalue weighted by atomic mass is 28.3. The Morgan fingerprint density at radius 3 is 2.54 bits per heavy atom. The summed E-state index contributed by atoms with van der Waals surface area (Å²) in [6, 6.07) is 21.7. The Kier molecular flexibility index (Phi) is 11.1. The van der Waals surface area contributed by atoms with Crippen LogP contribution in [-0.2, 0) is 28.1 Å². The Labute approximate surface area is 329 Å². The van der Waals surface area contributed by atoms with Crippen LogP contribution < -0.4 is 20.4 Å². The molecule has 56 heavy (non-hydrogen) atoms. The van der Waals surface area contributed by atoms with Crippen molar-refractivity contribution in [2.45, 2.75) is 90.3 Å². The van der Waals surface area contributed by atoms with Crippen LogP contribution in [0.2, 0.25) is 18.6 Å². The summed E-state index contributed by atoms with van der Waals surface area (Å²) in [7, 11) is -0.724. The topological polar surface area (TPSA) is 127 Å². The molecule has 1 fully saturated rings. The van der Waals surface area contributed by atoms with E-state index in [1.807, 2.05) is 70.4 Å². The summed E-state index contributed by atoms with van der Waals surface area (Å²) in [6.45, 7) is 14.2. The van der Waals surface area contributed by atoms with Crippen molar-refractivity contribution in [1.82, 2.24) is 24.8 Å². The monoisotopic (exact) mass is 774 g/mol. The minimum absolute atomic E-state index is 0.00298. The lowest BCUT2D eigenvalue weighted by Gasteiger charge is -2.37. The first-order chi connectivity index (χ1) is 26.9. The Hall–Kier alpha value is -5.04. The van der Waals surface area contributed by atoms with Gasteiger partial charge in [0.25, 0.3) is 11.5 Å². The minimum Gasteiger partial charge on any atom is -0.497 e. The number of methoxy groups -OCH3 is 1. The summed E-state index contributed by atoms with van der Waals surface area (Å²) < 4.78 is 16.3. The molecule has 0 radical (unpaired) electrons. The van der Waals surface area contributed by atoms with Crippen LogP contribution in [0.1, 0.15) is 58.2 Å². The highest BCUT2D eigenvalue weighted by Gasteiger charge is 2.66. The SMILES string of the molecule is COc1ccc([Si](C)(C)[C@H]2[C@H](CCn3cc(CCO)nn3)O[C@@]3(C(=O)N(C/C=C(\C)CCC=C(C)C)c4ccc(-n5[nH]c6ccccc6c5=O)cc43)[C@@H]2C)cc1. The summed E-state index contributed by atoms with van der Waals surface area (Å²) in [6.07, 6.45) is 8.89. The number of carbonyl (C=O) groups is 1. The van der Waals surface area contributed by atoms with Crippen molar-refractivity contribution in [1.29, 1.82) is 0 Å². The van der Waals surface area contributed by atoms with Crippen LogP contribution in [0.5, 0.6) is 5.75 Å². The third-order valence-electron chi connectivity index (χ3n) is 12.0. The van der Waals surface area contributed by atoms with Crippen LogP contribution in [0.15, 0.2) is 101 Å². The lowest BCUT2D eigenvalue weighted by Crippen LogP contribution is -2.52. The zero-order chi connectivity index (χ0) is 39.8. The number of aliphatic hydroxyl groups excluding tert-OH is 1. The summed E-state index contributed by atoms with van der Waals surface area (Å²) in [5, 5.41) is 23.2. The van der Waals surface area contributed by atoms with Gasteiger partial charge in [-0.15, -0.1) is 5.10 Å². The first-order valence-corrected chi connectivity index (χ1v) is 22.7. The third kappa shape index (κ3) is 7.10. The normalized spacial score (nSPS) is 21.0. The first-order valence-electron chi connectivity index (χ1n) is 19.7. The molecule has 2 aliphatic rings. The molecule has 2 N–H and O–H groups in total. The molecule has 0 unspecified atom stereocenters. The molecule has 3 aromatic carbocycles. The van der Waals surface area contributed by atoms with Crippen molar-refractivity contribution in [2.75, 3.05) is 25.2 Å². The molecule has 0 aliphatic carbocycles. The molecular formula is C44H54N6O5Si. The van der Waals surface area contributed by atoms with Gasteiger partial charge in [-0.05, 0) is 88.0 Å². The highest BCUT2D eigenvalue weighted by Crippen LogP contribution is 2.60. The second-order valence-electron chi connectivity index (χ2n) is 16.2. The largest absolute Gasteiger partial charge is 0.497 e. The van der Waals surface area contributed by atoms with E-state index in [0.29, 0.717) is 37.0 Å². The number of aryl methyl sites for hydroxylation is 1. The summed E-state index contributed by atoms with van der Waals surface area (Å²) in [5.74, 6) is 0.504. The van der Waals surface area contributed by atoms with E-state index in [1.165, 1.54) is 16.3 Å². The molecule has 294 valence electrons. The number of anilines is 1. The predicted octanol–water partition coefficient (Wildman–Crippen LogP) is 6.80. The van der Waals surface area contributed by atoms with Crippen LogP contribution in [0.3, 0.4) is 0 Å². The van der Waals surface area contributed by atoms with E-state index >= 15 is 4.79 Å². The van der Waals surface area contributed by atoms with Gasteiger partial charge in [0.05, 0.1) is 49.3 Å². The fourth-order valence-electron chi connectivity index (χ4n) is 9.01. The van der Waals surface area contributed by atoms with Gasteiger partial charge >= 0.3 is 0 Å². The van der Waals surface area contributed by atoms with Gasteiger partial charge in [0.15, 0.2) is 5.60 Å². The number of hydrogen-bond acceptors (Lipinski definition) is 7. The van der Waals surface area contributed by atoms with Crippen LogP contribution in [0, 0.1) is 5.92 Å². The van der Waals surface area contributed by atoms with Crippen LogP contribution in [-0.4, -0.2) is 70.2 Å². The number of nitrogens with zero attached hydrogens (tertiary/aromatic N) is 5.